The molecule has 0 saturated carbocycles. The lowest BCUT2D eigenvalue weighted by Gasteiger charge is -2.21. The Morgan fingerprint density at radius 2 is 1.82 bits per heavy atom. The predicted molar refractivity (Wildman–Crippen MR) is 118 cm³/mol. The fourth-order valence-electron chi connectivity index (χ4n) is 3.59. The van der Waals surface area contributed by atoms with E-state index in [0.717, 1.165) is 23.1 Å². The molecular weight excluding hydrogens is 368 g/mol. The quantitative estimate of drug-likeness (QED) is 0.500. The molecule has 0 bridgehead atoms. The number of hydrogen-bond acceptors (Lipinski definition) is 1. The summed E-state index contributed by atoms with van der Waals surface area (Å²) in [5.41, 5.74) is 4.70. The second-order valence-corrected chi connectivity index (χ2v) is 8.28. The number of aromatic nitrogens is 1. The number of para-hydroxylation sites is 1. The molecule has 0 aliphatic heterocycles. The summed E-state index contributed by atoms with van der Waals surface area (Å²) in [6.07, 6.45) is 3.43. The normalized spacial score (nSPS) is 13.6. The zero-order valence-corrected chi connectivity index (χ0v) is 17.8. The lowest BCUT2D eigenvalue weighted by molar-refractivity contribution is -0.122. The van der Waals surface area contributed by atoms with Crippen molar-refractivity contribution in [1.82, 2.24) is 10.3 Å². The third-order valence-corrected chi connectivity index (χ3v) is 5.89. The van der Waals surface area contributed by atoms with E-state index in [1.165, 1.54) is 10.9 Å². The van der Waals surface area contributed by atoms with E-state index in [1.54, 1.807) is 0 Å². The molecule has 0 spiro atoms. The van der Waals surface area contributed by atoms with Crippen LogP contribution in [0, 0.1) is 5.92 Å². The van der Waals surface area contributed by atoms with Gasteiger partial charge in [-0.3, -0.25) is 4.79 Å². The summed E-state index contributed by atoms with van der Waals surface area (Å²) in [5, 5.41) is 5.03. The smallest absolute Gasteiger partial charge is 0.221 e. The molecule has 1 aromatic heterocycles. The van der Waals surface area contributed by atoms with Crippen LogP contribution in [0.15, 0.2) is 48.7 Å². The molecule has 1 heterocycles. The van der Waals surface area contributed by atoms with Crippen LogP contribution in [0.5, 0.6) is 0 Å². The zero-order chi connectivity index (χ0) is 20.3. The Morgan fingerprint density at radius 1 is 1.11 bits per heavy atom. The van der Waals surface area contributed by atoms with Crippen LogP contribution in [0.2, 0.25) is 5.02 Å². The number of fused-ring (bicyclic) bond motifs is 1. The number of H-pyrrole nitrogens is 1. The monoisotopic (exact) mass is 396 g/mol. The second-order valence-electron chi connectivity index (χ2n) is 7.85. The van der Waals surface area contributed by atoms with E-state index in [0.29, 0.717) is 17.4 Å². The Hall–Kier alpha value is -2.26. The third kappa shape index (κ3) is 4.41. The van der Waals surface area contributed by atoms with Gasteiger partial charge in [-0.1, -0.05) is 62.7 Å². The van der Waals surface area contributed by atoms with Gasteiger partial charge in [0, 0.05) is 40.5 Å². The number of carbonyl (C=O) groups is 1. The highest BCUT2D eigenvalue weighted by Crippen LogP contribution is 2.35. The van der Waals surface area contributed by atoms with E-state index in [4.69, 9.17) is 11.6 Å². The fraction of sp³-hybridized carbons (Fsp3) is 0.375. The molecular formula is C24H29ClN2O. The van der Waals surface area contributed by atoms with Gasteiger partial charge in [-0.15, -0.1) is 0 Å². The SMILES string of the molecule is CCc1cccc2c([C@@H](CC(=O)N[C@H](C)C(C)C)c3ccc(Cl)cc3)c[nH]c12. The van der Waals surface area contributed by atoms with Gasteiger partial charge in [-0.05, 0) is 48.1 Å². The topological polar surface area (TPSA) is 44.9 Å². The largest absolute Gasteiger partial charge is 0.361 e. The minimum absolute atomic E-state index is 0.0301. The average Bonchev–Trinajstić information content (AvgIpc) is 3.10. The maximum absolute atomic E-state index is 12.8. The van der Waals surface area contributed by atoms with E-state index in [1.807, 2.05) is 24.3 Å². The standard InChI is InChI=1S/C24H29ClN2O/c1-5-17-7-6-8-20-22(14-26-24(17)20)21(18-9-11-19(25)12-10-18)13-23(28)27-16(4)15(2)3/h6-12,14-16,21,26H,5,13H2,1-4H3,(H,27,28)/t16-,21+/m1/s1. The Labute approximate surface area is 172 Å². The Kier molecular flexibility index (Phi) is 6.46. The summed E-state index contributed by atoms with van der Waals surface area (Å²) >= 11 is 6.10. The van der Waals surface area contributed by atoms with Gasteiger partial charge in [-0.2, -0.15) is 0 Å². The number of rotatable bonds is 7. The van der Waals surface area contributed by atoms with Crippen molar-refractivity contribution in [3.8, 4) is 0 Å². The number of aromatic amines is 1. The van der Waals surface area contributed by atoms with Crippen molar-refractivity contribution in [3.05, 3.63) is 70.4 Å². The third-order valence-electron chi connectivity index (χ3n) is 5.64. The molecule has 148 valence electrons. The first kappa shape index (κ1) is 20.5. The number of nitrogens with one attached hydrogen (secondary N) is 2. The van der Waals surface area contributed by atoms with Crippen molar-refractivity contribution in [2.24, 2.45) is 5.92 Å². The molecule has 3 rings (SSSR count). The molecule has 1 amide bonds. The summed E-state index contributed by atoms with van der Waals surface area (Å²) < 4.78 is 0. The first-order chi connectivity index (χ1) is 13.4. The fourth-order valence-corrected chi connectivity index (χ4v) is 3.72. The van der Waals surface area contributed by atoms with Gasteiger partial charge in [0.05, 0.1) is 0 Å². The van der Waals surface area contributed by atoms with Crippen molar-refractivity contribution in [3.63, 3.8) is 0 Å². The van der Waals surface area contributed by atoms with Crippen LogP contribution < -0.4 is 5.32 Å². The van der Waals surface area contributed by atoms with E-state index in [2.05, 4.69) is 62.4 Å². The van der Waals surface area contributed by atoms with E-state index < -0.39 is 0 Å². The van der Waals surface area contributed by atoms with E-state index in [9.17, 15) is 4.79 Å². The highest BCUT2D eigenvalue weighted by atomic mass is 35.5. The maximum atomic E-state index is 12.8. The first-order valence-electron chi connectivity index (χ1n) is 10.0. The predicted octanol–water partition coefficient (Wildman–Crippen LogP) is 6.07. The number of amides is 1. The number of benzene rings is 2. The van der Waals surface area contributed by atoms with Crippen LogP contribution in [0.1, 0.15) is 56.7 Å². The lowest BCUT2D eigenvalue weighted by Crippen LogP contribution is -2.36. The summed E-state index contributed by atoms with van der Waals surface area (Å²) in [6, 6.07) is 14.4. The molecule has 0 aliphatic rings. The highest BCUT2D eigenvalue weighted by Gasteiger charge is 2.23. The average molecular weight is 397 g/mol. The minimum atomic E-state index is -0.0301. The minimum Gasteiger partial charge on any atom is -0.361 e. The van der Waals surface area contributed by atoms with Crippen LogP contribution in [0.25, 0.3) is 10.9 Å². The van der Waals surface area contributed by atoms with Gasteiger partial charge in [0.15, 0.2) is 0 Å². The first-order valence-corrected chi connectivity index (χ1v) is 10.4. The van der Waals surface area contributed by atoms with E-state index >= 15 is 0 Å². The Bertz CT molecular complexity index is 943. The Morgan fingerprint density at radius 3 is 2.46 bits per heavy atom. The van der Waals surface area contributed by atoms with Gasteiger partial charge in [0.2, 0.25) is 5.91 Å². The molecule has 4 heteroatoms. The molecule has 0 unspecified atom stereocenters. The number of hydrogen-bond donors (Lipinski definition) is 2. The van der Waals surface area contributed by atoms with E-state index in [-0.39, 0.29) is 17.9 Å². The Balaban J connectivity index is 2.00. The number of carbonyl (C=O) groups excluding carboxylic acids is 1. The summed E-state index contributed by atoms with van der Waals surface area (Å²) in [7, 11) is 0. The van der Waals surface area contributed by atoms with Crippen molar-refractivity contribution in [2.75, 3.05) is 0 Å². The number of aryl methyl sites for hydroxylation is 1. The molecule has 0 saturated heterocycles. The molecule has 2 aromatic carbocycles. The molecule has 0 fully saturated rings. The molecule has 0 radical (unpaired) electrons. The van der Waals surface area contributed by atoms with Crippen LogP contribution in [0.4, 0.5) is 0 Å². The van der Waals surface area contributed by atoms with Gasteiger partial charge in [0.25, 0.3) is 0 Å². The maximum Gasteiger partial charge on any atom is 0.221 e. The molecule has 2 N–H and O–H groups in total. The molecule has 3 nitrogen and oxygen atoms in total. The second kappa shape index (κ2) is 8.83. The molecule has 28 heavy (non-hydrogen) atoms. The van der Waals surface area contributed by atoms with Crippen LogP contribution >= 0.6 is 11.6 Å². The van der Waals surface area contributed by atoms with Crippen molar-refractivity contribution >= 4 is 28.4 Å². The van der Waals surface area contributed by atoms with Crippen LogP contribution in [-0.4, -0.2) is 16.9 Å². The zero-order valence-electron chi connectivity index (χ0n) is 17.1. The van der Waals surface area contributed by atoms with Gasteiger partial charge >= 0.3 is 0 Å². The van der Waals surface area contributed by atoms with Crippen molar-refractivity contribution in [2.45, 2.75) is 52.5 Å². The van der Waals surface area contributed by atoms with Gasteiger partial charge < -0.3 is 10.3 Å². The van der Waals surface area contributed by atoms with Gasteiger partial charge in [0.1, 0.15) is 0 Å². The highest BCUT2D eigenvalue weighted by molar-refractivity contribution is 6.30. The lowest BCUT2D eigenvalue weighted by atomic mass is 9.87. The molecule has 3 aromatic rings. The van der Waals surface area contributed by atoms with Gasteiger partial charge in [-0.25, -0.2) is 0 Å². The molecule has 2 atom stereocenters. The van der Waals surface area contributed by atoms with Crippen LogP contribution in [0.3, 0.4) is 0 Å². The van der Waals surface area contributed by atoms with Crippen molar-refractivity contribution in [1.29, 1.82) is 0 Å². The van der Waals surface area contributed by atoms with Crippen molar-refractivity contribution < 1.29 is 4.79 Å². The van der Waals surface area contributed by atoms with Crippen LogP contribution in [-0.2, 0) is 11.2 Å². The summed E-state index contributed by atoms with van der Waals surface area (Å²) in [6.45, 7) is 8.45. The number of halogens is 1. The molecule has 0 aliphatic carbocycles. The summed E-state index contributed by atoms with van der Waals surface area (Å²) in [5.74, 6) is 0.442. The summed E-state index contributed by atoms with van der Waals surface area (Å²) in [4.78, 5) is 16.3.